The van der Waals surface area contributed by atoms with E-state index in [2.05, 4.69) is 5.32 Å². The molecule has 3 aromatic carbocycles. The summed E-state index contributed by atoms with van der Waals surface area (Å²) >= 11 is 0. The molecule has 4 rings (SSSR count). The first-order valence-corrected chi connectivity index (χ1v) is 12.0. The molecule has 8 heteroatoms. The highest BCUT2D eigenvalue weighted by Crippen LogP contribution is 2.41. The van der Waals surface area contributed by atoms with Crippen molar-refractivity contribution in [3.8, 4) is 22.5 Å². The van der Waals surface area contributed by atoms with Crippen molar-refractivity contribution in [2.45, 2.75) is 6.92 Å². The van der Waals surface area contributed by atoms with E-state index in [9.17, 15) is 17.6 Å². The minimum atomic E-state index is -3.63. The fourth-order valence-corrected chi connectivity index (χ4v) is 4.23. The molecule has 0 atom stereocenters. The molecule has 4 aromatic rings. The normalized spacial score (nSPS) is 11.5. The van der Waals surface area contributed by atoms with Crippen LogP contribution >= 0.6 is 0 Å². The number of nitrogens with zero attached hydrogens (tertiary/aromatic N) is 1. The Kier molecular flexibility index (Phi) is 5.71. The van der Waals surface area contributed by atoms with Crippen molar-refractivity contribution in [3.63, 3.8) is 0 Å². The number of furan rings is 1. The molecule has 0 aliphatic carbocycles. The first-order chi connectivity index (χ1) is 15.6. The van der Waals surface area contributed by atoms with E-state index in [0.29, 0.717) is 44.7 Å². The van der Waals surface area contributed by atoms with Gasteiger partial charge in [-0.15, -0.1) is 0 Å². The predicted octanol–water partition coefficient (Wildman–Crippen LogP) is 4.97. The summed E-state index contributed by atoms with van der Waals surface area (Å²) in [4.78, 5) is 12.9. The Balaban J connectivity index is 2.09. The fraction of sp³-hybridized carbons (Fsp3) is 0.160. The van der Waals surface area contributed by atoms with Crippen LogP contribution in [0.1, 0.15) is 15.9 Å². The number of sulfonamides is 1. The van der Waals surface area contributed by atoms with Crippen LogP contribution in [-0.2, 0) is 10.0 Å². The average molecular weight is 467 g/mol. The second-order valence-electron chi connectivity index (χ2n) is 7.86. The molecular weight excluding hydrogens is 443 g/mol. The number of rotatable bonds is 5. The van der Waals surface area contributed by atoms with Crippen LogP contribution in [0, 0.1) is 12.7 Å². The van der Waals surface area contributed by atoms with Crippen molar-refractivity contribution >= 4 is 32.6 Å². The number of hydrogen-bond donors (Lipinski definition) is 1. The number of amides is 1. The van der Waals surface area contributed by atoms with Crippen LogP contribution < -0.4 is 9.62 Å². The summed E-state index contributed by atoms with van der Waals surface area (Å²) < 4.78 is 46.0. The molecule has 0 saturated heterocycles. The van der Waals surface area contributed by atoms with Crippen molar-refractivity contribution in [3.05, 3.63) is 77.6 Å². The molecule has 170 valence electrons. The van der Waals surface area contributed by atoms with Crippen molar-refractivity contribution < 1.29 is 22.0 Å². The van der Waals surface area contributed by atoms with E-state index < -0.39 is 15.8 Å². The van der Waals surface area contributed by atoms with Crippen LogP contribution in [-0.4, -0.2) is 34.7 Å². The monoisotopic (exact) mass is 466 g/mol. The van der Waals surface area contributed by atoms with Gasteiger partial charge in [-0.1, -0.05) is 42.0 Å². The Morgan fingerprint density at radius 2 is 1.73 bits per heavy atom. The van der Waals surface area contributed by atoms with E-state index in [1.165, 1.54) is 26.2 Å². The lowest BCUT2D eigenvalue weighted by molar-refractivity contribution is 0.0964. The summed E-state index contributed by atoms with van der Waals surface area (Å²) in [6.07, 6.45) is 1.09. The third-order valence-corrected chi connectivity index (χ3v) is 6.74. The molecule has 1 aromatic heterocycles. The maximum absolute atomic E-state index is 14.0. The molecule has 0 spiro atoms. The zero-order chi connectivity index (χ0) is 23.9. The number of carbonyl (C=O) groups excluding carboxylic acids is 1. The number of fused-ring (bicyclic) bond motifs is 1. The van der Waals surface area contributed by atoms with E-state index >= 15 is 0 Å². The SMILES string of the molecule is CNC(=O)c1c(-c2ccc(C)cc2)oc2cc(N(C)S(C)(=O)=O)c(-c3cccc(F)c3)cc12. The largest absolute Gasteiger partial charge is 0.455 e. The van der Waals surface area contributed by atoms with Gasteiger partial charge in [-0.3, -0.25) is 9.10 Å². The lowest BCUT2D eigenvalue weighted by Gasteiger charge is -2.20. The number of hydrogen-bond acceptors (Lipinski definition) is 4. The van der Waals surface area contributed by atoms with Crippen molar-refractivity contribution in [1.29, 1.82) is 0 Å². The zero-order valence-electron chi connectivity index (χ0n) is 18.6. The molecule has 1 N–H and O–H groups in total. The Bertz CT molecular complexity index is 1470. The van der Waals surface area contributed by atoms with E-state index in [4.69, 9.17) is 4.42 Å². The molecule has 0 aliphatic rings. The maximum atomic E-state index is 14.0. The lowest BCUT2D eigenvalue weighted by atomic mass is 9.98. The highest BCUT2D eigenvalue weighted by atomic mass is 32.2. The zero-order valence-corrected chi connectivity index (χ0v) is 19.5. The number of nitrogens with one attached hydrogen (secondary N) is 1. The topological polar surface area (TPSA) is 79.6 Å². The molecule has 1 amide bonds. The molecule has 0 fully saturated rings. The fourth-order valence-electron chi connectivity index (χ4n) is 3.72. The summed E-state index contributed by atoms with van der Waals surface area (Å²) in [5.41, 5.74) is 3.67. The van der Waals surface area contributed by atoms with Gasteiger partial charge in [0.15, 0.2) is 0 Å². The molecule has 6 nitrogen and oxygen atoms in total. The van der Waals surface area contributed by atoms with Gasteiger partial charge in [0.05, 0.1) is 17.5 Å². The second-order valence-corrected chi connectivity index (χ2v) is 9.87. The van der Waals surface area contributed by atoms with E-state index in [0.717, 1.165) is 16.1 Å². The minimum absolute atomic E-state index is 0.309. The van der Waals surface area contributed by atoms with Crippen LogP contribution in [0.5, 0.6) is 0 Å². The van der Waals surface area contributed by atoms with E-state index in [1.54, 1.807) is 24.3 Å². The number of halogens is 1. The Morgan fingerprint density at radius 3 is 2.33 bits per heavy atom. The number of anilines is 1. The van der Waals surface area contributed by atoms with Gasteiger partial charge in [0.2, 0.25) is 10.0 Å². The summed E-state index contributed by atoms with van der Waals surface area (Å²) in [5.74, 6) is -0.438. The molecule has 0 bridgehead atoms. The van der Waals surface area contributed by atoms with E-state index in [1.807, 2.05) is 31.2 Å². The van der Waals surface area contributed by atoms with Gasteiger partial charge >= 0.3 is 0 Å². The summed E-state index contributed by atoms with van der Waals surface area (Å²) in [7, 11) is -0.681. The smallest absolute Gasteiger partial charge is 0.255 e. The molecule has 33 heavy (non-hydrogen) atoms. The maximum Gasteiger partial charge on any atom is 0.255 e. The minimum Gasteiger partial charge on any atom is -0.455 e. The van der Waals surface area contributed by atoms with Crippen LogP contribution in [0.15, 0.2) is 65.1 Å². The van der Waals surface area contributed by atoms with Gasteiger partial charge in [-0.25, -0.2) is 12.8 Å². The molecular formula is C25H23FN2O4S. The van der Waals surface area contributed by atoms with Gasteiger partial charge in [0.1, 0.15) is 17.2 Å². The third-order valence-electron chi connectivity index (χ3n) is 5.55. The lowest BCUT2D eigenvalue weighted by Crippen LogP contribution is -2.25. The first kappa shape index (κ1) is 22.5. The van der Waals surface area contributed by atoms with Crippen molar-refractivity contribution in [2.75, 3.05) is 24.7 Å². The van der Waals surface area contributed by atoms with Gasteiger partial charge in [-0.2, -0.15) is 0 Å². The molecule has 0 radical (unpaired) electrons. The third kappa shape index (κ3) is 4.21. The predicted molar refractivity (Wildman–Crippen MR) is 128 cm³/mol. The Hall–Kier alpha value is -3.65. The van der Waals surface area contributed by atoms with Crippen LogP contribution in [0.3, 0.4) is 0 Å². The highest BCUT2D eigenvalue weighted by molar-refractivity contribution is 7.92. The Morgan fingerprint density at radius 1 is 1.03 bits per heavy atom. The summed E-state index contributed by atoms with van der Waals surface area (Å²) in [6.45, 7) is 1.96. The van der Waals surface area contributed by atoms with Crippen LogP contribution in [0.2, 0.25) is 0 Å². The van der Waals surface area contributed by atoms with Crippen LogP contribution in [0.4, 0.5) is 10.1 Å². The van der Waals surface area contributed by atoms with Crippen molar-refractivity contribution in [1.82, 2.24) is 5.32 Å². The van der Waals surface area contributed by atoms with Gasteiger partial charge < -0.3 is 9.73 Å². The van der Waals surface area contributed by atoms with Crippen LogP contribution in [0.25, 0.3) is 33.4 Å². The van der Waals surface area contributed by atoms with Gasteiger partial charge in [-0.05, 0) is 30.7 Å². The molecule has 0 saturated carbocycles. The molecule has 0 aliphatic heterocycles. The number of carbonyl (C=O) groups is 1. The first-order valence-electron chi connectivity index (χ1n) is 10.2. The second kappa shape index (κ2) is 8.37. The number of aryl methyl sites for hydroxylation is 1. The Labute approximate surface area is 191 Å². The van der Waals surface area contributed by atoms with Gasteiger partial charge in [0.25, 0.3) is 5.91 Å². The standard InChI is InChI=1S/C25H23FN2O4S/c1-15-8-10-16(11-9-15)24-23(25(29)27-2)20-13-19(17-6-5-7-18(26)12-17)21(14-22(20)32-24)28(3)33(4,30)31/h5-14H,1-4H3,(H,27,29). The number of benzene rings is 3. The quantitative estimate of drug-likeness (QED) is 0.450. The van der Waals surface area contributed by atoms with Gasteiger partial charge in [0, 0.05) is 36.7 Å². The molecule has 1 heterocycles. The average Bonchev–Trinajstić information content (AvgIpc) is 3.15. The van der Waals surface area contributed by atoms with Crippen molar-refractivity contribution in [2.24, 2.45) is 0 Å². The molecule has 0 unspecified atom stereocenters. The summed E-state index contributed by atoms with van der Waals surface area (Å²) in [6, 6.07) is 16.7. The van der Waals surface area contributed by atoms with E-state index in [-0.39, 0.29) is 5.91 Å². The highest BCUT2D eigenvalue weighted by Gasteiger charge is 2.25. The summed E-state index contributed by atoms with van der Waals surface area (Å²) in [5, 5.41) is 3.14.